The molecule has 4 heteroatoms. The summed E-state index contributed by atoms with van der Waals surface area (Å²) in [5, 5.41) is 0.410. The molecule has 0 radical (unpaired) electrons. The molecule has 3 nitrogen and oxygen atoms in total. The summed E-state index contributed by atoms with van der Waals surface area (Å²) < 4.78 is 26.7. The molecule has 35 heavy (non-hydrogen) atoms. The summed E-state index contributed by atoms with van der Waals surface area (Å²) >= 11 is 0. The van der Waals surface area contributed by atoms with Crippen LogP contribution in [0.2, 0.25) is 0 Å². The summed E-state index contributed by atoms with van der Waals surface area (Å²) in [6.45, 7) is 8.26. The molecule has 1 heterocycles. The zero-order chi connectivity index (χ0) is 24.8. The fourth-order valence-electron chi connectivity index (χ4n) is 5.01. The van der Waals surface area contributed by atoms with Crippen LogP contribution in [0, 0.1) is 6.92 Å². The highest BCUT2D eigenvalue weighted by Crippen LogP contribution is 2.63. The van der Waals surface area contributed by atoms with Gasteiger partial charge in [-0.05, 0) is 41.3 Å². The van der Waals surface area contributed by atoms with Gasteiger partial charge in [0.2, 0.25) is 0 Å². The van der Waals surface area contributed by atoms with Crippen molar-refractivity contribution in [2.75, 3.05) is 13.5 Å². The third-order valence-corrected chi connectivity index (χ3v) is 10.9. The minimum absolute atomic E-state index is 0.230. The molecule has 0 fully saturated rings. The predicted molar refractivity (Wildman–Crippen MR) is 147 cm³/mol. The number of fused-ring (bicyclic) bond motifs is 1. The first-order valence-electron chi connectivity index (χ1n) is 11.9. The van der Waals surface area contributed by atoms with Crippen molar-refractivity contribution >= 4 is 12.4 Å². The first-order valence-corrected chi connectivity index (χ1v) is 13.8. The highest BCUT2D eigenvalue weighted by atomic mass is 31.2. The van der Waals surface area contributed by atoms with Gasteiger partial charge in [-0.25, -0.2) is 0 Å². The second-order valence-electron chi connectivity index (χ2n) is 10.1. The van der Waals surface area contributed by atoms with Gasteiger partial charge in [-0.3, -0.25) is 0 Å². The van der Waals surface area contributed by atoms with E-state index in [1.54, 1.807) is 7.11 Å². The molecule has 0 aliphatic carbocycles. The Morgan fingerprint density at radius 2 is 1.40 bits per heavy atom. The Kier molecular flexibility index (Phi) is 5.85. The van der Waals surface area contributed by atoms with E-state index in [1.807, 2.05) is 57.2 Å². The first kappa shape index (κ1) is 23.5. The maximum absolute atomic E-state index is 14.5. The lowest BCUT2D eigenvalue weighted by Gasteiger charge is -2.29. The zero-order valence-corrected chi connectivity index (χ0v) is 21.9. The van der Waals surface area contributed by atoms with Crippen molar-refractivity contribution in [2.45, 2.75) is 32.9 Å². The van der Waals surface area contributed by atoms with Gasteiger partial charge >= 0.3 is 0 Å². The highest BCUT2D eigenvalue weighted by molar-refractivity contribution is 7.73. The van der Waals surface area contributed by atoms with Crippen LogP contribution in [0.5, 0.6) is 11.5 Å². The smallest absolute Gasteiger partial charge is 0.160 e. The fourth-order valence-corrected chi connectivity index (χ4v) is 7.59. The van der Waals surface area contributed by atoms with Crippen LogP contribution in [0.15, 0.2) is 84.9 Å². The van der Waals surface area contributed by atoms with E-state index in [-0.39, 0.29) is 6.35 Å². The summed E-state index contributed by atoms with van der Waals surface area (Å²) in [4.78, 5) is 0. The van der Waals surface area contributed by atoms with E-state index in [0.717, 1.165) is 50.0 Å². The average Bonchev–Trinajstić information content (AvgIpc) is 3.23. The molecule has 0 N–H and O–H groups in total. The number of methoxy groups -OCH3 is 1. The molecule has 0 saturated carbocycles. The Balaban J connectivity index is 1.91. The normalized spacial score (nSPS) is 17.1. The van der Waals surface area contributed by atoms with Crippen molar-refractivity contribution in [3.05, 3.63) is 90.5 Å². The standard InChI is InChI=1S/C31H31O3P/c1-21-25(22-13-8-6-9-14-22)19-26(23-15-10-7-11-16-23)29(33-5)28(21)24-17-12-18-27-30(24)35(32,20-34-27)31(2,3)4/h6-19H,20H2,1-5H3/t35-/m0/s1. The van der Waals surface area contributed by atoms with Gasteiger partial charge in [-0.1, -0.05) is 93.6 Å². The molecule has 0 saturated heterocycles. The second-order valence-corrected chi connectivity index (χ2v) is 13.6. The molecule has 4 aromatic rings. The quantitative estimate of drug-likeness (QED) is 0.275. The summed E-state index contributed by atoms with van der Waals surface area (Å²) in [5.74, 6) is 1.50. The Labute approximate surface area is 208 Å². The molecule has 1 atom stereocenters. The molecule has 0 bridgehead atoms. The van der Waals surface area contributed by atoms with E-state index in [2.05, 4.69) is 55.5 Å². The van der Waals surface area contributed by atoms with Gasteiger partial charge in [-0.2, -0.15) is 0 Å². The third kappa shape index (κ3) is 3.79. The Hall–Kier alpha value is -3.29. The van der Waals surface area contributed by atoms with E-state index >= 15 is 0 Å². The van der Waals surface area contributed by atoms with E-state index in [1.165, 1.54) is 0 Å². The van der Waals surface area contributed by atoms with Crippen molar-refractivity contribution in [2.24, 2.45) is 0 Å². The molecule has 1 aliphatic rings. The van der Waals surface area contributed by atoms with Crippen LogP contribution < -0.4 is 14.8 Å². The minimum Gasteiger partial charge on any atom is -0.495 e. The van der Waals surface area contributed by atoms with Crippen LogP contribution in [0.4, 0.5) is 0 Å². The summed E-state index contributed by atoms with van der Waals surface area (Å²) in [7, 11) is -1.13. The van der Waals surface area contributed by atoms with Crippen LogP contribution in [0.3, 0.4) is 0 Å². The highest BCUT2D eigenvalue weighted by Gasteiger charge is 2.47. The van der Waals surface area contributed by atoms with Crippen LogP contribution in [0.1, 0.15) is 26.3 Å². The topological polar surface area (TPSA) is 35.5 Å². The van der Waals surface area contributed by atoms with Crippen molar-refractivity contribution < 1.29 is 14.0 Å². The lowest BCUT2D eigenvalue weighted by Crippen LogP contribution is -2.23. The molecule has 4 aromatic carbocycles. The SMILES string of the molecule is COc1c(-c2ccccc2)cc(-c2ccccc2)c(C)c1-c1cccc2c1[P@](=O)(C(C)(C)C)CO2. The van der Waals surface area contributed by atoms with Gasteiger partial charge in [0.1, 0.15) is 17.8 Å². The van der Waals surface area contributed by atoms with E-state index in [0.29, 0.717) is 5.75 Å². The Morgan fingerprint density at radius 1 is 0.800 bits per heavy atom. The van der Waals surface area contributed by atoms with Crippen molar-refractivity contribution in [3.63, 3.8) is 0 Å². The summed E-state index contributed by atoms with van der Waals surface area (Å²) in [6, 6.07) is 28.9. The molecular weight excluding hydrogens is 451 g/mol. The molecular formula is C31H31O3P. The molecule has 0 spiro atoms. The lowest BCUT2D eigenvalue weighted by atomic mass is 9.87. The van der Waals surface area contributed by atoms with Crippen molar-refractivity contribution in [1.29, 1.82) is 0 Å². The summed E-state index contributed by atoms with van der Waals surface area (Å²) in [6.07, 6.45) is 0.230. The number of rotatable bonds is 4. The van der Waals surface area contributed by atoms with Crippen LogP contribution in [-0.2, 0) is 4.57 Å². The molecule has 0 amide bonds. The summed E-state index contributed by atoms with van der Waals surface area (Å²) in [5.41, 5.74) is 7.34. The largest absolute Gasteiger partial charge is 0.495 e. The average molecular weight is 483 g/mol. The Bertz CT molecular complexity index is 1430. The molecule has 178 valence electrons. The maximum Gasteiger partial charge on any atom is 0.160 e. The molecule has 5 rings (SSSR count). The Morgan fingerprint density at radius 3 is 1.97 bits per heavy atom. The lowest BCUT2D eigenvalue weighted by molar-refractivity contribution is 0.389. The first-order chi connectivity index (χ1) is 16.8. The van der Waals surface area contributed by atoms with Gasteiger partial charge in [0.15, 0.2) is 7.14 Å². The fraction of sp³-hybridized carbons (Fsp3) is 0.226. The van der Waals surface area contributed by atoms with E-state index in [4.69, 9.17) is 9.47 Å². The predicted octanol–water partition coefficient (Wildman–Crippen LogP) is 8.14. The zero-order valence-electron chi connectivity index (χ0n) is 21.0. The van der Waals surface area contributed by atoms with Crippen LogP contribution in [0.25, 0.3) is 33.4 Å². The maximum atomic E-state index is 14.5. The van der Waals surface area contributed by atoms with Gasteiger partial charge < -0.3 is 14.0 Å². The number of hydrogen-bond donors (Lipinski definition) is 0. The van der Waals surface area contributed by atoms with Crippen molar-refractivity contribution in [3.8, 4) is 44.9 Å². The number of hydrogen-bond acceptors (Lipinski definition) is 3. The molecule has 0 unspecified atom stereocenters. The monoisotopic (exact) mass is 482 g/mol. The van der Waals surface area contributed by atoms with E-state index < -0.39 is 12.3 Å². The van der Waals surface area contributed by atoms with Gasteiger partial charge in [0.05, 0.1) is 12.4 Å². The number of ether oxygens (including phenoxy) is 2. The van der Waals surface area contributed by atoms with Gasteiger partial charge in [-0.15, -0.1) is 0 Å². The van der Waals surface area contributed by atoms with E-state index in [9.17, 15) is 4.57 Å². The van der Waals surface area contributed by atoms with Crippen molar-refractivity contribution in [1.82, 2.24) is 0 Å². The van der Waals surface area contributed by atoms with Crippen LogP contribution in [-0.4, -0.2) is 18.6 Å². The minimum atomic E-state index is -2.85. The number of benzene rings is 4. The van der Waals surface area contributed by atoms with Crippen LogP contribution >= 0.6 is 7.14 Å². The molecule has 1 aliphatic heterocycles. The van der Waals surface area contributed by atoms with Gasteiger partial charge in [0.25, 0.3) is 0 Å². The van der Waals surface area contributed by atoms with Gasteiger partial charge in [0, 0.05) is 21.8 Å². The molecule has 0 aromatic heterocycles. The third-order valence-electron chi connectivity index (χ3n) is 7.03. The second kappa shape index (κ2) is 8.73.